The van der Waals surface area contributed by atoms with E-state index in [4.69, 9.17) is 14.6 Å². The van der Waals surface area contributed by atoms with Gasteiger partial charge in [0.05, 0.1) is 6.61 Å². The standard InChI is InChI=1S/C18H22N4O4S/c23-8-3-19-17(24)14-11-27-18(20-14)22-6-4-21(5-7-22)10-13-1-2-15-16(9-13)26-12-25-15/h1-2,9,11,23H,3-8,10,12H2,(H,19,24). The van der Waals surface area contributed by atoms with Gasteiger partial charge in [0, 0.05) is 44.6 Å². The van der Waals surface area contributed by atoms with Crippen molar-refractivity contribution in [3.8, 4) is 11.5 Å². The summed E-state index contributed by atoms with van der Waals surface area (Å²) in [5, 5.41) is 14.0. The van der Waals surface area contributed by atoms with Gasteiger partial charge in [0.2, 0.25) is 6.79 Å². The van der Waals surface area contributed by atoms with Crippen LogP contribution in [0.15, 0.2) is 23.6 Å². The van der Waals surface area contributed by atoms with E-state index in [0.29, 0.717) is 12.5 Å². The zero-order valence-electron chi connectivity index (χ0n) is 14.9. The minimum absolute atomic E-state index is 0.0753. The number of aromatic nitrogens is 1. The molecule has 0 aliphatic carbocycles. The number of hydrogen-bond acceptors (Lipinski definition) is 8. The molecule has 0 atom stereocenters. The number of benzene rings is 1. The molecule has 27 heavy (non-hydrogen) atoms. The zero-order valence-corrected chi connectivity index (χ0v) is 15.7. The molecule has 2 aromatic rings. The Morgan fingerprint density at radius 1 is 1.22 bits per heavy atom. The van der Waals surface area contributed by atoms with Gasteiger partial charge in [-0.05, 0) is 17.7 Å². The first-order chi connectivity index (χ1) is 13.2. The second-order valence-electron chi connectivity index (χ2n) is 6.45. The van der Waals surface area contributed by atoms with Crippen LogP contribution in [0.4, 0.5) is 5.13 Å². The molecule has 0 spiro atoms. The highest BCUT2D eigenvalue weighted by Gasteiger charge is 2.21. The highest BCUT2D eigenvalue weighted by molar-refractivity contribution is 7.13. The van der Waals surface area contributed by atoms with E-state index < -0.39 is 0 Å². The lowest BCUT2D eigenvalue weighted by molar-refractivity contribution is 0.0940. The molecule has 1 saturated heterocycles. The van der Waals surface area contributed by atoms with E-state index in [-0.39, 0.29) is 19.1 Å². The van der Waals surface area contributed by atoms with Gasteiger partial charge in [-0.2, -0.15) is 0 Å². The number of rotatable bonds is 6. The summed E-state index contributed by atoms with van der Waals surface area (Å²) in [6.45, 7) is 4.94. The fourth-order valence-electron chi connectivity index (χ4n) is 3.17. The third-order valence-corrected chi connectivity index (χ3v) is 5.51. The van der Waals surface area contributed by atoms with Crippen molar-refractivity contribution in [2.45, 2.75) is 6.54 Å². The summed E-state index contributed by atoms with van der Waals surface area (Å²) in [5.74, 6) is 1.39. The molecule has 144 valence electrons. The number of carbonyl (C=O) groups is 1. The Morgan fingerprint density at radius 2 is 2.04 bits per heavy atom. The Morgan fingerprint density at radius 3 is 2.85 bits per heavy atom. The number of nitrogens with one attached hydrogen (secondary N) is 1. The molecule has 0 unspecified atom stereocenters. The number of thiazole rings is 1. The molecular weight excluding hydrogens is 368 g/mol. The zero-order chi connectivity index (χ0) is 18.6. The van der Waals surface area contributed by atoms with E-state index in [1.54, 1.807) is 5.38 Å². The molecule has 2 N–H and O–H groups in total. The van der Waals surface area contributed by atoms with Crippen molar-refractivity contribution in [3.05, 3.63) is 34.8 Å². The number of nitrogens with zero attached hydrogens (tertiary/aromatic N) is 3. The maximum atomic E-state index is 11.9. The first kappa shape index (κ1) is 18.0. The predicted octanol–water partition coefficient (Wildman–Crippen LogP) is 0.916. The first-order valence-corrected chi connectivity index (χ1v) is 9.81. The van der Waals surface area contributed by atoms with Crippen LogP contribution in [0, 0.1) is 0 Å². The van der Waals surface area contributed by atoms with Crippen LogP contribution in [-0.4, -0.2) is 67.0 Å². The number of ether oxygens (including phenoxy) is 2. The molecule has 1 fully saturated rings. The van der Waals surface area contributed by atoms with Gasteiger partial charge in [-0.25, -0.2) is 4.98 Å². The molecule has 0 radical (unpaired) electrons. The number of carbonyl (C=O) groups excluding carboxylic acids is 1. The van der Waals surface area contributed by atoms with Crippen molar-refractivity contribution in [2.24, 2.45) is 0 Å². The van der Waals surface area contributed by atoms with Crippen LogP contribution in [-0.2, 0) is 6.54 Å². The molecule has 2 aliphatic heterocycles. The van der Waals surface area contributed by atoms with Gasteiger partial charge in [0.25, 0.3) is 5.91 Å². The van der Waals surface area contributed by atoms with E-state index in [1.807, 2.05) is 12.1 Å². The minimum Gasteiger partial charge on any atom is -0.454 e. The lowest BCUT2D eigenvalue weighted by atomic mass is 10.1. The van der Waals surface area contributed by atoms with Crippen molar-refractivity contribution >= 4 is 22.4 Å². The van der Waals surface area contributed by atoms with E-state index >= 15 is 0 Å². The third-order valence-electron chi connectivity index (χ3n) is 4.61. The van der Waals surface area contributed by atoms with Crippen LogP contribution in [0.1, 0.15) is 16.1 Å². The number of piperazine rings is 1. The minimum atomic E-state index is -0.243. The summed E-state index contributed by atoms with van der Waals surface area (Å²) in [7, 11) is 0. The highest BCUT2D eigenvalue weighted by atomic mass is 32.1. The number of hydrogen-bond donors (Lipinski definition) is 2. The number of amides is 1. The average Bonchev–Trinajstić information content (AvgIpc) is 3.36. The summed E-state index contributed by atoms with van der Waals surface area (Å²) >= 11 is 1.48. The predicted molar refractivity (Wildman–Crippen MR) is 102 cm³/mol. The second kappa shape index (κ2) is 8.12. The largest absolute Gasteiger partial charge is 0.454 e. The molecule has 2 aliphatic rings. The molecule has 0 bridgehead atoms. The fourth-order valence-corrected chi connectivity index (χ4v) is 4.03. The first-order valence-electron chi connectivity index (χ1n) is 8.93. The second-order valence-corrected chi connectivity index (χ2v) is 7.28. The van der Waals surface area contributed by atoms with Gasteiger partial charge >= 0.3 is 0 Å². The molecule has 4 rings (SSSR count). The quantitative estimate of drug-likeness (QED) is 0.758. The summed E-state index contributed by atoms with van der Waals surface area (Å²) in [5.41, 5.74) is 1.62. The molecular formula is C18H22N4O4S. The summed E-state index contributed by atoms with van der Waals surface area (Å²) in [6, 6.07) is 6.09. The average molecular weight is 390 g/mol. The Balaban J connectivity index is 1.30. The van der Waals surface area contributed by atoms with Crippen LogP contribution in [0.2, 0.25) is 0 Å². The van der Waals surface area contributed by atoms with Crippen LogP contribution in [0.5, 0.6) is 11.5 Å². The third kappa shape index (κ3) is 4.15. The van der Waals surface area contributed by atoms with Gasteiger partial charge in [0.15, 0.2) is 16.6 Å². The molecule has 3 heterocycles. The molecule has 1 aromatic carbocycles. The lowest BCUT2D eigenvalue weighted by Crippen LogP contribution is -2.46. The maximum absolute atomic E-state index is 11.9. The van der Waals surface area contributed by atoms with Crippen molar-refractivity contribution in [2.75, 3.05) is 51.0 Å². The lowest BCUT2D eigenvalue weighted by Gasteiger charge is -2.34. The monoisotopic (exact) mass is 390 g/mol. The van der Waals surface area contributed by atoms with E-state index in [0.717, 1.165) is 49.4 Å². The molecule has 1 amide bonds. The molecule has 8 nitrogen and oxygen atoms in total. The van der Waals surface area contributed by atoms with Gasteiger partial charge in [0.1, 0.15) is 5.69 Å². The number of aliphatic hydroxyl groups excluding tert-OH is 1. The Hall–Kier alpha value is -2.36. The van der Waals surface area contributed by atoms with Crippen LogP contribution < -0.4 is 19.7 Å². The normalized spacial score (nSPS) is 16.6. The van der Waals surface area contributed by atoms with Crippen molar-refractivity contribution in [1.82, 2.24) is 15.2 Å². The number of aliphatic hydroxyl groups is 1. The molecule has 9 heteroatoms. The summed E-state index contributed by atoms with van der Waals surface area (Å²) in [6.07, 6.45) is 0. The van der Waals surface area contributed by atoms with Gasteiger partial charge in [-0.1, -0.05) is 6.07 Å². The highest BCUT2D eigenvalue weighted by Crippen LogP contribution is 2.33. The number of anilines is 1. The van der Waals surface area contributed by atoms with E-state index in [9.17, 15) is 4.79 Å². The maximum Gasteiger partial charge on any atom is 0.270 e. The van der Waals surface area contributed by atoms with Crippen molar-refractivity contribution in [1.29, 1.82) is 0 Å². The van der Waals surface area contributed by atoms with E-state index in [1.165, 1.54) is 16.9 Å². The Labute approximate surface area is 161 Å². The smallest absolute Gasteiger partial charge is 0.270 e. The summed E-state index contributed by atoms with van der Waals surface area (Å²) in [4.78, 5) is 21.0. The fraction of sp³-hybridized carbons (Fsp3) is 0.444. The topological polar surface area (TPSA) is 87.2 Å². The van der Waals surface area contributed by atoms with Crippen LogP contribution in [0.3, 0.4) is 0 Å². The van der Waals surface area contributed by atoms with E-state index in [2.05, 4.69) is 26.2 Å². The van der Waals surface area contributed by atoms with Crippen LogP contribution in [0.25, 0.3) is 0 Å². The van der Waals surface area contributed by atoms with Gasteiger partial charge in [-0.15, -0.1) is 11.3 Å². The molecule has 1 aromatic heterocycles. The van der Waals surface area contributed by atoms with Crippen LogP contribution >= 0.6 is 11.3 Å². The Bertz CT molecular complexity index is 804. The summed E-state index contributed by atoms with van der Waals surface area (Å²) < 4.78 is 10.8. The molecule has 0 saturated carbocycles. The SMILES string of the molecule is O=C(NCCO)c1csc(N2CCN(Cc3ccc4c(c3)OCO4)CC2)n1. The van der Waals surface area contributed by atoms with Crippen molar-refractivity contribution < 1.29 is 19.4 Å². The van der Waals surface area contributed by atoms with Crippen molar-refractivity contribution in [3.63, 3.8) is 0 Å². The van der Waals surface area contributed by atoms with Gasteiger partial charge < -0.3 is 24.8 Å². The van der Waals surface area contributed by atoms with Gasteiger partial charge in [-0.3, -0.25) is 9.69 Å². The Kier molecular flexibility index (Phi) is 5.42. The number of fused-ring (bicyclic) bond motifs is 1.